The first kappa shape index (κ1) is 24.2. The molecule has 4 rings (SSSR count). The van der Waals surface area contributed by atoms with E-state index in [0.29, 0.717) is 18.9 Å². The predicted molar refractivity (Wildman–Crippen MR) is 139 cm³/mol. The van der Waals surface area contributed by atoms with Gasteiger partial charge in [-0.15, -0.1) is 11.3 Å². The summed E-state index contributed by atoms with van der Waals surface area (Å²) in [5.74, 6) is 0.790. The van der Waals surface area contributed by atoms with Crippen LogP contribution in [0, 0.1) is 5.92 Å². The Bertz CT molecular complexity index is 1280. The molecule has 2 atom stereocenters. The van der Waals surface area contributed by atoms with Gasteiger partial charge < -0.3 is 20.7 Å². The predicted octanol–water partition coefficient (Wildman–Crippen LogP) is 5.21. The molecule has 0 aliphatic rings. The van der Waals surface area contributed by atoms with E-state index in [4.69, 9.17) is 10.7 Å². The standard InChI is InChI=1S/C26H33N5O2S/c1-4-6-7-20-30-22-23(24-19(12-13-34-24)29-25(22)27)31(20)15-18-10-8-17(9-11-18)14-28-21(26(32)33)16(3)5-2/h8-13,16,21,28H,4-7,14-15H2,1-3H3,(H2,27,29)(H,32,33)/t16-,21-/m0/s1. The Morgan fingerprint density at radius 1 is 1.18 bits per heavy atom. The highest BCUT2D eigenvalue weighted by Crippen LogP contribution is 2.33. The summed E-state index contributed by atoms with van der Waals surface area (Å²) >= 11 is 1.67. The van der Waals surface area contributed by atoms with E-state index in [1.54, 1.807) is 11.3 Å². The summed E-state index contributed by atoms with van der Waals surface area (Å²) in [4.78, 5) is 21.0. The van der Waals surface area contributed by atoms with Gasteiger partial charge in [0.2, 0.25) is 0 Å². The van der Waals surface area contributed by atoms with Crippen molar-refractivity contribution in [2.75, 3.05) is 5.73 Å². The topological polar surface area (TPSA) is 106 Å². The number of anilines is 1. The van der Waals surface area contributed by atoms with Gasteiger partial charge in [-0.25, -0.2) is 9.97 Å². The number of carbonyl (C=O) groups is 1. The molecule has 4 N–H and O–H groups in total. The number of carboxylic acids is 1. The number of hydrogen-bond acceptors (Lipinski definition) is 6. The molecule has 0 radical (unpaired) electrons. The molecule has 0 saturated carbocycles. The second-order valence-electron chi connectivity index (χ2n) is 8.95. The summed E-state index contributed by atoms with van der Waals surface area (Å²) in [7, 11) is 0. The van der Waals surface area contributed by atoms with Crippen molar-refractivity contribution < 1.29 is 9.90 Å². The summed E-state index contributed by atoms with van der Waals surface area (Å²) in [5.41, 5.74) is 11.3. The van der Waals surface area contributed by atoms with Crippen LogP contribution < -0.4 is 11.1 Å². The maximum atomic E-state index is 11.6. The second kappa shape index (κ2) is 10.5. The third kappa shape index (κ3) is 4.93. The van der Waals surface area contributed by atoms with E-state index in [2.05, 4.69) is 46.1 Å². The molecule has 0 amide bonds. The monoisotopic (exact) mass is 479 g/mol. The number of nitrogen functional groups attached to an aromatic ring is 1. The van der Waals surface area contributed by atoms with Crippen LogP contribution in [0.15, 0.2) is 35.7 Å². The van der Waals surface area contributed by atoms with Crippen molar-refractivity contribution in [3.8, 4) is 0 Å². The van der Waals surface area contributed by atoms with Crippen molar-refractivity contribution in [3.05, 3.63) is 52.7 Å². The van der Waals surface area contributed by atoms with Crippen LogP contribution in [0.4, 0.5) is 5.82 Å². The van der Waals surface area contributed by atoms with Crippen LogP contribution in [-0.2, 0) is 24.3 Å². The van der Waals surface area contributed by atoms with E-state index in [0.717, 1.165) is 63.9 Å². The third-order valence-electron chi connectivity index (χ3n) is 6.51. The third-order valence-corrected chi connectivity index (χ3v) is 7.42. The smallest absolute Gasteiger partial charge is 0.320 e. The molecule has 3 aromatic heterocycles. The number of rotatable bonds is 11. The molecule has 0 spiro atoms. The van der Waals surface area contributed by atoms with Gasteiger partial charge in [0.1, 0.15) is 17.4 Å². The zero-order valence-corrected chi connectivity index (χ0v) is 20.9. The average molecular weight is 480 g/mol. The van der Waals surface area contributed by atoms with Crippen molar-refractivity contribution in [2.45, 2.75) is 65.6 Å². The Morgan fingerprint density at radius 2 is 1.91 bits per heavy atom. The number of aryl methyl sites for hydroxylation is 1. The minimum Gasteiger partial charge on any atom is -0.480 e. The molecule has 1 aromatic carbocycles. The van der Waals surface area contributed by atoms with E-state index >= 15 is 0 Å². The molecule has 0 aliphatic heterocycles. The van der Waals surface area contributed by atoms with Crippen LogP contribution in [-0.4, -0.2) is 31.7 Å². The van der Waals surface area contributed by atoms with Crippen LogP contribution in [0.1, 0.15) is 57.0 Å². The van der Waals surface area contributed by atoms with Gasteiger partial charge in [0.05, 0.1) is 15.7 Å². The number of hydrogen-bond donors (Lipinski definition) is 3. The van der Waals surface area contributed by atoms with E-state index < -0.39 is 12.0 Å². The Kier molecular flexibility index (Phi) is 7.48. The highest BCUT2D eigenvalue weighted by Gasteiger charge is 2.22. The van der Waals surface area contributed by atoms with E-state index in [9.17, 15) is 9.90 Å². The van der Waals surface area contributed by atoms with Crippen LogP contribution in [0.3, 0.4) is 0 Å². The summed E-state index contributed by atoms with van der Waals surface area (Å²) in [5, 5.41) is 14.8. The largest absolute Gasteiger partial charge is 0.480 e. The minimum absolute atomic E-state index is 0.0730. The van der Waals surface area contributed by atoms with Crippen LogP contribution in [0.5, 0.6) is 0 Å². The molecule has 4 aromatic rings. The fraction of sp³-hybridized carbons (Fsp3) is 0.423. The van der Waals surface area contributed by atoms with Crippen molar-refractivity contribution in [1.29, 1.82) is 0 Å². The summed E-state index contributed by atoms with van der Waals surface area (Å²) in [6, 6.07) is 9.82. The fourth-order valence-electron chi connectivity index (χ4n) is 4.29. The van der Waals surface area contributed by atoms with Crippen molar-refractivity contribution in [1.82, 2.24) is 19.9 Å². The van der Waals surface area contributed by atoms with Gasteiger partial charge in [0.15, 0.2) is 5.82 Å². The molecule has 0 saturated heterocycles. The molecule has 3 heterocycles. The molecule has 8 heteroatoms. The summed E-state index contributed by atoms with van der Waals surface area (Å²) in [6.07, 6.45) is 3.88. The lowest BCUT2D eigenvalue weighted by Gasteiger charge is -2.20. The van der Waals surface area contributed by atoms with Gasteiger partial charge in [0.25, 0.3) is 0 Å². The number of unbranched alkanes of at least 4 members (excludes halogenated alkanes) is 1. The maximum absolute atomic E-state index is 11.6. The van der Waals surface area contributed by atoms with Crippen LogP contribution in [0.25, 0.3) is 21.3 Å². The highest BCUT2D eigenvalue weighted by atomic mass is 32.1. The molecular formula is C26H33N5O2S. The van der Waals surface area contributed by atoms with E-state index in [1.807, 2.05) is 25.3 Å². The van der Waals surface area contributed by atoms with E-state index in [-0.39, 0.29) is 5.92 Å². The number of thiophene rings is 1. The Hall–Kier alpha value is -2.97. The number of aromatic nitrogens is 3. The molecular weight excluding hydrogens is 446 g/mol. The SMILES string of the molecule is CCCCc1nc2c(N)nc3ccsc3c2n1Cc1ccc(CN[C@H](C(=O)O)[C@@H](C)CC)cc1. The van der Waals surface area contributed by atoms with Gasteiger partial charge in [-0.05, 0) is 34.9 Å². The van der Waals surface area contributed by atoms with Gasteiger partial charge in [-0.3, -0.25) is 4.79 Å². The van der Waals surface area contributed by atoms with Gasteiger partial charge in [0, 0.05) is 19.5 Å². The van der Waals surface area contributed by atoms with E-state index in [1.165, 1.54) is 0 Å². The Labute approximate surface area is 204 Å². The zero-order valence-electron chi connectivity index (χ0n) is 20.0. The van der Waals surface area contributed by atoms with Crippen molar-refractivity contribution >= 4 is 44.4 Å². The van der Waals surface area contributed by atoms with Gasteiger partial charge >= 0.3 is 5.97 Å². The molecule has 34 heavy (non-hydrogen) atoms. The fourth-order valence-corrected chi connectivity index (χ4v) is 5.18. The number of imidazole rings is 1. The molecule has 0 aliphatic carbocycles. The van der Waals surface area contributed by atoms with Crippen molar-refractivity contribution in [2.24, 2.45) is 5.92 Å². The average Bonchev–Trinajstić information content (AvgIpc) is 3.43. The number of nitrogens with two attached hydrogens (primary N) is 1. The number of pyridine rings is 1. The molecule has 0 fully saturated rings. The molecule has 180 valence electrons. The minimum atomic E-state index is -0.800. The number of aliphatic carboxylic acids is 1. The first-order chi connectivity index (χ1) is 16.4. The number of benzene rings is 1. The molecule has 0 bridgehead atoms. The summed E-state index contributed by atoms with van der Waals surface area (Å²) < 4.78 is 3.41. The number of carboxylic acid groups (broad SMARTS) is 1. The van der Waals surface area contributed by atoms with Crippen LogP contribution >= 0.6 is 11.3 Å². The van der Waals surface area contributed by atoms with Crippen LogP contribution in [0.2, 0.25) is 0 Å². The Morgan fingerprint density at radius 3 is 2.59 bits per heavy atom. The molecule has 0 unspecified atom stereocenters. The maximum Gasteiger partial charge on any atom is 0.320 e. The van der Waals surface area contributed by atoms with Gasteiger partial charge in [-0.2, -0.15) is 0 Å². The quantitative estimate of drug-likeness (QED) is 0.273. The second-order valence-corrected chi connectivity index (χ2v) is 9.86. The lowest BCUT2D eigenvalue weighted by atomic mass is 9.99. The van der Waals surface area contributed by atoms with Crippen molar-refractivity contribution in [3.63, 3.8) is 0 Å². The molecule has 7 nitrogen and oxygen atoms in total. The van der Waals surface area contributed by atoms with Gasteiger partial charge in [-0.1, -0.05) is 57.9 Å². The lowest BCUT2D eigenvalue weighted by Crippen LogP contribution is -2.41. The normalized spacial score (nSPS) is 13.5. The Balaban J connectivity index is 1.60. The first-order valence-corrected chi connectivity index (χ1v) is 12.9. The zero-order chi connectivity index (χ0) is 24.2. The summed E-state index contributed by atoms with van der Waals surface area (Å²) in [6.45, 7) is 7.38. The first-order valence-electron chi connectivity index (χ1n) is 12.0. The lowest BCUT2D eigenvalue weighted by molar-refractivity contribution is -0.140. The number of nitrogens with one attached hydrogen (secondary N) is 1. The highest BCUT2D eigenvalue weighted by molar-refractivity contribution is 7.18. The number of fused-ring (bicyclic) bond motifs is 3. The number of nitrogens with zero attached hydrogens (tertiary/aromatic N) is 3.